The summed E-state index contributed by atoms with van der Waals surface area (Å²) in [6.07, 6.45) is 0. The first kappa shape index (κ1) is 16.0. The van der Waals surface area contributed by atoms with Gasteiger partial charge in [-0.05, 0) is 36.2 Å². The third-order valence-electron chi connectivity index (χ3n) is 4.42. The van der Waals surface area contributed by atoms with Crippen LogP contribution in [0.4, 0.5) is 4.39 Å². The first-order chi connectivity index (χ1) is 11.1. The summed E-state index contributed by atoms with van der Waals surface area (Å²) in [7, 11) is 0. The predicted octanol–water partition coefficient (Wildman–Crippen LogP) is 3.29. The largest absolute Gasteiger partial charge is 0.338 e. The smallest absolute Gasteiger partial charge is 0.256 e. The van der Waals surface area contributed by atoms with E-state index in [2.05, 4.69) is 0 Å². The Morgan fingerprint density at radius 1 is 1.22 bits per heavy atom. The van der Waals surface area contributed by atoms with E-state index in [0.717, 1.165) is 5.56 Å². The first-order valence-electron chi connectivity index (χ1n) is 7.59. The number of rotatable bonds is 3. The summed E-state index contributed by atoms with van der Waals surface area (Å²) < 4.78 is 14.0. The lowest BCUT2D eigenvalue weighted by molar-refractivity contribution is 0.0782. The zero-order valence-corrected chi connectivity index (χ0v) is 13.3. The summed E-state index contributed by atoms with van der Waals surface area (Å²) in [5, 5.41) is 0.280. The minimum absolute atomic E-state index is 0.0545. The normalized spacial score (nSPS) is 20.7. The Labute approximate surface area is 139 Å². The fourth-order valence-corrected chi connectivity index (χ4v) is 3.35. The van der Waals surface area contributed by atoms with Crippen LogP contribution in [-0.4, -0.2) is 30.4 Å². The highest BCUT2D eigenvalue weighted by atomic mass is 35.5. The van der Waals surface area contributed by atoms with E-state index in [4.69, 9.17) is 17.3 Å². The molecule has 1 heterocycles. The maximum absolute atomic E-state index is 14.0. The highest BCUT2D eigenvalue weighted by molar-refractivity contribution is 6.30. The Balaban J connectivity index is 1.83. The lowest BCUT2D eigenvalue weighted by Gasteiger charge is -2.17. The van der Waals surface area contributed by atoms with Gasteiger partial charge in [-0.1, -0.05) is 41.9 Å². The zero-order chi connectivity index (χ0) is 16.4. The molecule has 2 N–H and O–H groups in total. The molecule has 0 bridgehead atoms. The molecule has 0 aliphatic carbocycles. The Bertz CT molecular complexity index is 707. The Morgan fingerprint density at radius 2 is 1.96 bits per heavy atom. The summed E-state index contributed by atoms with van der Waals surface area (Å²) in [5.41, 5.74) is 7.10. The summed E-state index contributed by atoms with van der Waals surface area (Å²) >= 11 is 5.75. The molecule has 1 aliphatic heterocycles. The fourth-order valence-electron chi connectivity index (χ4n) is 3.19. The van der Waals surface area contributed by atoms with Gasteiger partial charge in [0, 0.05) is 24.0 Å². The van der Waals surface area contributed by atoms with Crippen molar-refractivity contribution in [3.63, 3.8) is 0 Å². The van der Waals surface area contributed by atoms with Gasteiger partial charge in [-0.25, -0.2) is 4.39 Å². The topological polar surface area (TPSA) is 46.3 Å². The van der Waals surface area contributed by atoms with Crippen LogP contribution in [0.2, 0.25) is 5.02 Å². The predicted molar refractivity (Wildman–Crippen MR) is 89.0 cm³/mol. The molecule has 2 aromatic rings. The molecule has 2 aromatic carbocycles. The quantitative estimate of drug-likeness (QED) is 0.937. The van der Waals surface area contributed by atoms with Crippen molar-refractivity contribution in [2.24, 2.45) is 11.7 Å². The van der Waals surface area contributed by atoms with Crippen molar-refractivity contribution in [3.8, 4) is 0 Å². The molecule has 23 heavy (non-hydrogen) atoms. The van der Waals surface area contributed by atoms with Gasteiger partial charge in [0.2, 0.25) is 0 Å². The van der Waals surface area contributed by atoms with Crippen molar-refractivity contribution in [2.75, 3.05) is 19.6 Å². The van der Waals surface area contributed by atoms with Crippen molar-refractivity contribution >= 4 is 17.5 Å². The van der Waals surface area contributed by atoms with Crippen molar-refractivity contribution < 1.29 is 9.18 Å². The number of nitrogens with two attached hydrogens (primary N) is 1. The molecule has 120 valence electrons. The van der Waals surface area contributed by atoms with Gasteiger partial charge >= 0.3 is 0 Å². The van der Waals surface area contributed by atoms with Crippen molar-refractivity contribution in [2.45, 2.75) is 5.92 Å². The van der Waals surface area contributed by atoms with Crippen LogP contribution in [0.25, 0.3) is 0 Å². The molecule has 2 atom stereocenters. The minimum Gasteiger partial charge on any atom is -0.338 e. The average Bonchev–Trinajstić information content (AvgIpc) is 2.99. The molecule has 0 radical (unpaired) electrons. The number of likely N-dealkylation sites (tertiary alicyclic amines) is 1. The maximum atomic E-state index is 14.0. The van der Waals surface area contributed by atoms with Gasteiger partial charge in [0.25, 0.3) is 5.91 Å². The van der Waals surface area contributed by atoms with Crippen molar-refractivity contribution in [3.05, 3.63) is 70.5 Å². The number of carbonyl (C=O) groups is 1. The number of benzene rings is 2. The van der Waals surface area contributed by atoms with E-state index >= 15 is 0 Å². The number of hydrogen-bond acceptors (Lipinski definition) is 2. The number of carbonyl (C=O) groups excluding carboxylic acids is 1. The molecule has 0 saturated carbocycles. The third-order valence-corrected chi connectivity index (χ3v) is 4.66. The molecule has 1 amide bonds. The van der Waals surface area contributed by atoms with Crippen LogP contribution in [0, 0.1) is 11.7 Å². The third kappa shape index (κ3) is 3.23. The Hall–Kier alpha value is -1.91. The zero-order valence-electron chi connectivity index (χ0n) is 12.6. The summed E-state index contributed by atoms with van der Waals surface area (Å²) in [4.78, 5) is 14.3. The molecule has 0 aromatic heterocycles. The van der Waals surface area contributed by atoms with Gasteiger partial charge in [0.1, 0.15) is 5.82 Å². The second kappa shape index (κ2) is 6.69. The van der Waals surface area contributed by atoms with Crippen molar-refractivity contribution in [1.29, 1.82) is 0 Å². The SMILES string of the molecule is NC[C@@H]1CN(C(=O)c2ccc(Cl)cc2F)C[C@H]1c1ccccc1. The lowest BCUT2D eigenvalue weighted by atomic mass is 9.89. The van der Waals surface area contributed by atoms with Gasteiger partial charge in [-0.3, -0.25) is 4.79 Å². The van der Waals surface area contributed by atoms with Crippen molar-refractivity contribution in [1.82, 2.24) is 4.90 Å². The van der Waals surface area contributed by atoms with Crippen LogP contribution in [0.5, 0.6) is 0 Å². The highest BCUT2D eigenvalue weighted by Gasteiger charge is 2.36. The Morgan fingerprint density at radius 3 is 2.61 bits per heavy atom. The van der Waals surface area contributed by atoms with E-state index in [1.54, 1.807) is 4.90 Å². The molecule has 1 fully saturated rings. The molecule has 5 heteroatoms. The van der Waals surface area contributed by atoms with Crippen LogP contribution in [-0.2, 0) is 0 Å². The monoisotopic (exact) mass is 332 g/mol. The van der Waals surface area contributed by atoms with E-state index in [0.29, 0.717) is 19.6 Å². The van der Waals surface area contributed by atoms with Crippen LogP contribution < -0.4 is 5.73 Å². The Kier molecular flexibility index (Phi) is 4.64. The van der Waals surface area contributed by atoms with Gasteiger partial charge in [0.05, 0.1) is 5.56 Å². The highest BCUT2D eigenvalue weighted by Crippen LogP contribution is 2.33. The summed E-state index contributed by atoms with van der Waals surface area (Å²) in [6, 6.07) is 14.1. The summed E-state index contributed by atoms with van der Waals surface area (Å²) in [6.45, 7) is 1.58. The van der Waals surface area contributed by atoms with E-state index in [9.17, 15) is 9.18 Å². The fraction of sp³-hybridized carbons (Fsp3) is 0.278. The second-order valence-corrected chi connectivity index (χ2v) is 6.28. The minimum atomic E-state index is -0.588. The second-order valence-electron chi connectivity index (χ2n) is 5.85. The van der Waals surface area contributed by atoms with Gasteiger partial charge in [0.15, 0.2) is 0 Å². The van der Waals surface area contributed by atoms with Crippen LogP contribution >= 0.6 is 11.6 Å². The number of amides is 1. The van der Waals surface area contributed by atoms with E-state index < -0.39 is 5.82 Å². The van der Waals surface area contributed by atoms with E-state index in [-0.39, 0.29) is 28.3 Å². The van der Waals surface area contributed by atoms with E-state index in [1.807, 2.05) is 30.3 Å². The molecule has 0 spiro atoms. The average molecular weight is 333 g/mol. The van der Waals surface area contributed by atoms with E-state index in [1.165, 1.54) is 18.2 Å². The molecule has 0 unspecified atom stereocenters. The summed E-state index contributed by atoms with van der Waals surface area (Å²) in [5.74, 6) is -0.539. The molecular weight excluding hydrogens is 315 g/mol. The molecule has 3 rings (SSSR count). The maximum Gasteiger partial charge on any atom is 0.256 e. The number of halogens is 2. The molecular formula is C18H18ClFN2O. The lowest BCUT2D eigenvalue weighted by Crippen LogP contribution is -2.30. The standard InChI is InChI=1S/C18H18ClFN2O/c19-14-6-7-15(17(20)8-14)18(23)22-10-13(9-21)16(11-22)12-4-2-1-3-5-12/h1-8,13,16H,9-11,21H2/t13-,16+/m1/s1. The molecule has 1 saturated heterocycles. The first-order valence-corrected chi connectivity index (χ1v) is 7.97. The van der Waals surface area contributed by atoms with Gasteiger partial charge in [-0.2, -0.15) is 0 Å². The van der Waals surface area contributed by atoms with Crippen LogP contribution in [0.1, 0.15) is 21.8 Å². The molecule has 1 aliphatic rings. The van der Waals surface area contributed by atoms with Gasteiger partial charge < -0.3 is 10.6 Å². The number of hydrogen-bond donors (Lipinski definition) is 1. The number of nitrogens with zero attached hydrogens (tertiary/aromatic N) is 1. The molecule has 3 nitrogen and oxygen atoms in total. The van der Waals surface area contributed by atoms with Crippen LogP contribution in [0.3, 0.4) is 0 Å². The van der Waals surface area contributed by atoms with Crippen LogP contribution in [0.15, 0.2) is 48.5 Å². The van der Waals surface area contributed by atoms with Gasteiger partial charge in [-0.15, -0.1) is 0 Å².